The largest absolute Gasteiger partial charge is 0.345 e. The average Bonchev–Trinajstić information content (AvgIpc) is 3.08. The van der Waals surface area contributed by atoms with Crippen molar-refractivity contribution in [3.05, 3.63) is 80.8 Å². The van der Waals surface area contributed by atoms with Crippen LogP contribution in [0.4, 0.5) is 4.39 Å². The van der Waals surface area contributed by atoms with Crippen LogP contribution < -0.4 is 10.9 Å². The SMILES string of the molecule is Cc1c(C(C)NC(=O)c2cc3c([nH]c2=O)CC(C)(C)CC3=O)cnn1-c1ccc(F)cc1. The Balaban J connectivity index is 1.58. The molecule has 2 heterocycles. The summed E-state index contributed by atoms with van der Waals surface area (Å²) < 4.78 is 14.9. The van der Waals surface area contributed by atoms with Gasteiger partial charge in [-0.2, -0.15) is 5.10 Å². The van der Waals surface area contributed by atoms with E-state index in [9.17, 15) is 18.8 Å². The fourth-order valence-corrected chi connectivity index (χ4v) is 4.24. The van der Waals surface area contributed by atoms with E-state index in [-0.39, 0.29) is 22.6 Å². The first-order valence-corrected chi connectivity index (χ1v) is 10.5. The molecule has 3 aromatic rings. The molecule has 7 nitrogen and oxygen atoms in total. The number of pyridine rings is 1. The molecule has 166 valence electrons. The van der Waals surface area contributed by atoms with Gasteiger partial charge in [0.15, 0.2) is 5.78 Å². The van der Waals surface area contributed by atoms with Gasteiger partial charge in [0.1, 0.15) is 11.4 Å². The molecule has 0 fully saturated rings. The van der Waals surface area contributed by atoms with E-state index < -0.39 is 17.5 Å². The summed E-state index contributed by atoms with van der Waals surface area (Å²) in [5, 5.41) is 7.17. The summed E-state index contributed by atoms with van der Waals surface area (Å²) >= 11 is 0. The fraction of sp³-hybridized carbons (Fsp3) is 0.333. The van der Waals surface area contributed by atoms with Crippen LogP contribution in [0.3, 0.4) is 0 Å². The Hall–Kier alpha value is -3.55. The lowest BCUT2D eigenvalue weighted by molar-refractivity contribution is 0.0910. The number of ketones is 1. The highest BCUT2D eigenvalue weighted by atomic mass is 19.1. The number of Topliss-reactive ketones (excluding diaryl/α,β-unsaturated/α-hetero) is 1. The Morgan fingerprint density at radius 2 is 1.91 bits per heavy atom. The lowest BCUT2D eigenvalue weighted by Crippen LogP contribution is -2.35. The number of benzene rings is 1. The third-order valence-corrected chi connectivity index (χ3v) is 5.90. The van der Waals surface area contributed by atoms with Crippen molar-refractivity contribution >= 4 is 11.7 Å². The number of amides is 1. The van der Waals surface area contributed by atoms with Gasteiger partial charge in [-0.1, -0.05) is 13.8 Å². The first-order chi connectivity index (χ1) is 15.1. The van der Waals surface area contributed by atoms with Crippen molar-refractivity contribution in [2.75, 3.05) is 0 Å². The highest BCUT2D eigenvalue weighted by molar-refractivity contribution is 6.02. The van der Waals surface area contributed by atoms with E-state index in [4.69, 9.17) is 0 Å². The highest BCUT2D eigenvalue weighted by Crippen LogP contribution is 2.33. The molecule has 1 aliphatic carbocycles. The molecule has 1 amide bonds. The predicted octanol–water partition coefficient (Wildman–Crippen LogP) is 3.65. The maximum atomic E-state index is 13.2. The van der Waals surface area contributed by atoms with Crippen LogP contribution in [0.2, 0.25) is 0 Å². The van der Waals surface area contributed by atoms with Gasteiger partial charge in [0.2, 0.25) is 0 Å². The van der Waals surface area contributed by atoms with E-state index >= 15 is 0 Å². The molecule has 0 saturated carbocycles. The number of nitrogens with zero attached hydrogens (tertiary/aromatic N) is 2. The maximum Gasteiger partial charge on any atom is 0.261 e. The zero-order valence-electron chi connectivity index (χ0n) is 18.5. The lowest BCUT2D eigenvalue weighted by atomic mass is 9.75. The van der Waals surface area contributed by atoms with E-state index in [1.165, 1.54) is 18.2 Å². The van der Waals surface area contributed by atoms with E-state index in [0.717, 1.165) is 11.3 Å². The number of hydrogen-bond donors (Lipinski definition) is 2. The van der Waals surface area contributed by atoms with Gasteiger partial charge in [0.25, 0.3) is 11.5 Å². The van der Waals surface area contributed by atoms with E-state index in [1.54, 1.807) is 29.9 Å². The average molecular weight is 436 g/mol. The molecule has 1 aromatic carbocycles. The number of nitrogens with one attached hydrogen (secondary N) is 2. The summed E-state index contributed by atoms with van der Waals surface area (Å²) in [6.07, 6.45) is 2.57. The molecule has 1 atom stereocenters. The normalized spacial score (nSPS) is 15.8. The summed E-state index contributed by atoms with van der Waals surface area (Å²) in [4.78, 5) is 40.7. The number of carbonyl (C=O) groups is 2. The molecule has 1 unspecified atom stereocenters. The molecule has 32 heavy (non-hydrogen) atoms. The van der Waals surface area contributed by atoms with Gasteiger partial charge < -0.3 is 10.3 Å². The van der Waals surface area contributed by atoms with Crippen LogP contribution in [0.1, 0.15) is 70.9 Å². The van der Waals surface area contributed by atoms with Crippen molar-refractivity contribution in [3.63, 3.8) is 0 Å². The zero-order chi connectivity index (χ0) is 23.2. The number of halogens is 1. The third kappa shape index (κ3) is 4.00. The van der Waals surface area contributed by atoms with Crippen molar-refractivity contribution in [1.29, 1.82) is 0 Å². The highest BCUT2D eigenvalue weighted by Gasteiger charge is 2.33. The number of fused-ring (bicyclic) bond motifs is 1. The van der Waals surface area contributed by atoms with Crippen molar-refractivity contribution in [3.8, 4) is 5.69 Å². The Labute approximate surface area is 184 Å². The molecule has 8 heteroatoms. The van der Waals surface area contributed by atoms with Crippen molar-refractivity contribution < 1.29 is 14.0 Å². The number of carbonyl (C=O) groups excluding carboxylic acids is 2. The summed E-state index contributed by atoms with van der Waals surface area (Å²) in [7, 11) is 0. The first kappa shape index (κ1) is 21.7. The molecule has 0 saturated heterocycles. The van der Waals surface area contributed by atoms with Crippen LogP contribution in [-0.2, 0) is 6.42 Å². The number of rotatable bonds is 4. The number of aromatic amines is 1. The molecule has 0 bridgehead atoms. The van der Waals surface area contributed by atoms with Crippen LogP contribution in [-0.4, -0.2) is 26.5 Å². The quantitative estimate of drug-likeness (QED) is 0.652. The monoisotopic (exact) mass is 436 g/mol. The first-order valence-electron chi connectivity index (χ1n) is 10.5. The minimum Gasteiger partial charge on any atom is -0.345 e. The molecule has 1 aliphatic rings. The van der Waals surface area contributed by atoms with Gasteiger partial charge in [-0.25, -0.2) is 9.07 Å². The Bertz CT molecular complexity index is 1270. The van der Waals surface area contributed by atoms with Gasteiger partial charge in [-0.3, -0.25) is 14.4 Å². The summed E-state index contributed by atoms with van der Waals surface area (Å²) in [5.41, 5.74) is 2.38. The standard InChI is InChI=1S/C24H25FN4O3/c1-13(19-12-26-29(14(19)2)16-7-5-15(25)6-8-16)27-22(31)18-9-17-20(28-23(18)32)10-24(3,4)11-21(17)30/h5-9,12-13H,10-11H2,1-4H3,(H,27,31)(H,28,32). The van der Waals surface area contributed by atoms with Crippen LogP contribution >= 0.6 is 0 Å². The van der Waals surface area contributed by atoms with Gasteiger partial charge in [0.05, 0.1) is 17.9 Å². The van der Waals surface area contributed by atoms with Gasteiger partial charge in [-0.15, -0.1) is 0 Å². The molecular formula is C24H25FN4O3. The lowest BCUT2D eigenvalue weighted by Gasteiger charge is -2.29. The van der Waals surface area contributed by atoms with Crippen LogP contribution in [0.15, 0.2) is 41.3 Å². The van der Waals surface area contributed by atoms with Gasteiger partial charge in [0, 0.05) is 28.9 Å². The summed E-state index contributed by atoms with van der Waals surface area (Å²) in [5.74, 6) is -0.976. The Morgan fingerprint density at radius 1 is 1.22 bits per heavy atom. The van der Waals surface area contributed by atoms with Crippen molar-refractivity contribution in [2.24, 2.45) is 5.41 Å². The smallest absolute Gasteiger partial charge is 0.261 e. The van der Waals surface area contributed by atoms with E-state index in [1.807, 2.05) is 20.8 Å². The van der Waals surface area contributed by atoms with Crippen LogP contribution in [0, 0.1) is 18.2 Å². The summed E-state index contributed by atoms with van der Waals surface area (Å²) in [6.45, 7) is 7.59. The van der Waals surface area contributed by atoms with E-state index in [0.29, 0.717) is 29.8 Å². The van der Waals surface area contributed by atoms with Crippen LogP contribution in [0.25, 0.3) is 5.69 Å². The second-order valence-electron chi connectivity index (χ2n) is 9.11. The van der Waals surface area contributed by atoms with Crippen LogP contribution in [0.5, 0.6) is 0 Å². The topological polar surface area (TPSA) is 96.8 Å². The maximum absolute atomic E-state index is 13.2. The molecule has 2 N–H and O–H groups in total. The zero-order valence-corrected chi connectivity index (χ0v) is 18.5. The summed E-state index contributed by atoms with van der Waals surface area (Å²) in [6, 6.07) is 6.91. The minimum atomic E-state index is -0.562. The third-order valence-electron chi connectivity index (χ3n) is 5.90. The van der Waals surface area contributed by atoms with Crippen molar-refractivity contribution in [1.82, 2.24) is 20.1 Å². The molecular weight excluding hydrogens is 411 g/mol. The number of H-pyrrole nitrogens is 1. The van der Waals surface area contributed by atoms with Gasteiger partial charge >= 0.3 is 0 Å². The van der Waals surface area contributed by atoms with Gasteiger partial charge in [-0.05, 0) is 56.0 Å². The second kappa shape index (κ2) is 7.85. The molecule has 2 aromatic heterocycles. The Kier molecular flexibility index (Phi) is 5.32. The molecule has 0 aliphatic heterocycles. The van der Waals surface area contributed by atoms with E-state index in [2.05, 4.69) is 15.4 Å². The second-order valence-corrected chi connectivity index (χ2v) is 9.11. The number of hydrogen-bond acceptors (Lipinski definition) is 4. The molecule has 0 spiro atoms. The fourth-order valence-electron chi connectivity index (χ4n) is 4.24. The molecule has 0 radical (unpaired) electrons. The minimum absolute atomic E-state index is 0.0778. The number of aromatic nitrogens is 3. The molecule has 4 rings (SSSR count). The van der Waals surface area contributed by atoms with Crippen molar-refractivity contribution in [2.45, 2.75) is 46.6 Å². The predicted molar refractivity (Wildman–Crippen MR) is 118 cm³/mol. The Morgan fingerprint density at radius 3 is 2.59 bits per heavy atom.